The van der Waals surface area contributed by atoms with Crippen LogP contribution in [0.3, 0.4) is 0 Å². The first-order valence-corrected chi connectivity index (χ1v) is 35.4. The number of hydrogen-bond donors (Lipinski definition) is 0. The zero-order chi connectivity index (χ0) is 55.4. The zero-order valence-electron chi connectivity index (χ0n) is 52.8. The Morgan fingerprint density at radius 1 is 0.269 bits per heavy atom. The topological polar surface area (TPSA) is 24.7 Å². The highest BCUT2D eigenvalue weighted by molar-refractivity contribution is 6.31. The monoisotopic (exact) mass is 1070 g/mol. The molecule has 0 saturated carbocycles. The molecule has 0 spiro atoms. The van der Waals surface area contributed by atoms with Crippen LogP contribution in [0.4, 0.5) is 11.4 Å². The lowest BCUT2D eigenvalue weighted by atomic mass is 10.0. The van der Waals surface area contributed by atoms with Gasteiger partial charge >= 0.3 is 0 Å². The van der Waals surface area contributed by atoms with E-state index in [2.05, 4.69) is 93.6 Å². The van der Waals surface area contributed by atoms with Crippen LogP contribution in [-0.4, -0.2) is 11.9 Å². The van der Waals surface area contributed by atoms with Crippen LogP contribution in [0.1, 0.15) is 385 Å². The summed E-state index contributed by atoms with van der Waals surface area (Å²) in [6, 6.07) is 17.4. The van der Waals surface area contributed by atoms with Gasteiger partial charge in [-0.2, -0.15) is 0 Å². The molecule has 0 unspecified atom stereocenters. The molecule has 0 heterocycles. The summed E-state index contributed by atoms with van der Waals surface area (Å²) in [5.74, 6) is 0. The predicted molar refractivity (Wildman–Crippen MR) is 357 cm³/mol. The second kappa shape index (κ2) is 58.9. The number of unbranched alkanes of at least 4 members (excludes halogenated alkanes) is 51. The van der Waals surface area contributed by atoms with Gasteiger partial charge in [0.1, 0.15) is 0 Å². The van der Waals surface area contributed by atoms with Crippen molar-refractivity contribution >= 4 is 35.5 Å². The van der Waals surface area contributed by atoms with Crippen LogP contribution >= 0.6 is 0 Å². The highest BCUT2D eigenvalue weighted by Gasteiger charge is 2.02. The van der Waals surface area contributed by atoms with Gasteiger partial charge in [-0.3, -0.25) is 9.98 Å². The first-order chi connectivity index (χ1) is 38.7. The maximum atomic E-state index is 5.03. The van der Waals surface area contributed by atoms with Gasteiger partial charge in [-0.1, -0.05) is 384 Å². The largest absolute Gasteiger partial charge is 0.255 e. The molecule has 0 bridgehead atoms. The highest BCUT2D eigenvalue weighted by Crippen LogP contribution is 2.21. The molecule has 0 atom stereocenters. The van der Waals surface area contributed by atoms with Crippen molar-refractivity contribution in [1.82, 2.24) is 0 Å². The van der Waals surface area contributed by atoms with E-state index in [1.165, 1.54) is 345 Å². The van der Waals surface area contributed by atoms with Crippen molar-refractivity contribution in [3.05, 3.63) is 71.8 Å². The van der Waals surface area contributed by atoms with Crippen molar-refractivity contribution in [3.63, 3.8) is 0 Å². The Bertz CT molecular complexity index is 1610. The van der Waals surface area contributed by atoms with E-state index < -0.39 is 0 Å². The number of nitrogens with zero attached hydrogens (tertiary/aromatic N) is 2. The Morgan fingerprint density at radius 3 is 0.756 bits per heavy atom. The van der Waals surface area contributed by atoms with Crippen molar-refractivity contribution < 1.29 is 0 Å². The average molecular weight is 1070 g/mol. The lowest BCUT2D eigenvalue weighted by Gasteiger charge is -2.04. The molecular weight excluding hydrogens is 941 g/mol. The number of aliphatic imine (C=N–C) groups is 2. The zero-order valence-corrected chi connectivity index (χ0v) is 52.8. The molecule has 78 heavy (non-hydrogen) atoms. The summed E-state index contributed by atoms with van der Waals surface area (Å²) in [6.07, 6.45) is 89.1. The van der Waals surface area contributed by atoms with Crippen LogP contribution < -0.4 is 0 Å². The number of allylic oxidation sites excluding steroid dienone is 2. The van der Waals surface area contributed by atoms with E-state index in [0.29, 0.717) is 0 Å². The first-order valence-electron chi connectivity index (χ1n) is 35.4. The standard InChI is InChI=1S/C76H132N2/c1-4-7-10-12-14-16-18-20-22-24-26-28-30-32-34-36-38-40-42-44-46-48-50-52-54-56-58-60-72-63-67-74(68-64-72)77-71-76(62-9-6-3)78-75-69-65-73(66-70-75)61-59-57-55-53-51-49-47-45-43-41-39-37-35-33-31-29-27-25-23-21-19-17-15-13-11-8-5-2/h58-61,63-71H,4-57,62H2,1-3H3. The summed E-state index contributed by atoms with van der Waals surface area (Å²) < 4.78 is 0. The Kier molecular flexibility index (Phi) is 53.9. The number of benzene rings is 2. The van der Waals surface area contributed by atoms with E-state index >= 15 is 0 Å². The first kappa shape index (κ1) is 71.4. The predicted octanol–water partition coefficient (Wildman–Crippen LogP) is 27.7. The van der Waals surface area contributed by atoms with E-state index in [-0.39, 0.29) is 0 Å². The lowest BCUT2D eigenvalue weighted by molar-refractivity contribution is 0.516. The van der Waals surface area contributed by atoms with Crippen molar-refractivity contribution in [2.24, 2.45) is 9.98 Å². The lowest BCUT2D eigenvalue weighted by Crippen LogP contribution is -1.99. The molecule has 0 N–H and O–H groups in total. The summed E-state index contributed by atoms with van der Waals surface area (Å²) in [7, 11) is 0. The smallest absolute Gasteiger partial charge is 0.0634 e. The van der Waals surface area contributed by atoms with Crippen LogP contribution in [0, 0.1) is 0 Å². The van der Waals surface area contributed by atoms with Gasteiger partial charge in [-0.05, 0) is 73.9 Å². The van der Waals surface area contributed by atoms with Gasteiger partial charge in [-0.15, -0.1) is 0 Å². The van der Waals surface area contributed by atoms with Crippen LogP contribution in [0.2, 0.25) is 0 Å². The Labute approximate surface area is 488 Å². The molecule has 0 aliphatic carbocycles. The summed E-state index contributed by atoms with van der Waals surface area (Å²) >= 11 is 0. The normalized spacial score (nSPS) is 12.2. The number of hydrogen-bond acceptors (Lipinski definition) is 2. The minimum atomic E-state index is 0.946. The van der Waals surface area contributed by atoms with Gasteiger partial charge in [0.15, 0.2) is 0 Å². The van der Waals surface area contributed by atoms with Crippen LogP contribution in [0.15, 0.2) is 70.7 Å². The minimum absolute atomic E-state index is 0.946. The van der Waals surface area contributed by atoms with Gasteiger partial charge in [-0.25, -0.2) is 0 Å². The Hall–Kier alpha value is -2.74. The van der Waals surface area contributed by atoms with Gasteiger partial charge in [0.05, 0.1) is 17.1 Å². The molecule has 0 amide bonds. The van der Waals surface area contributed by atoms with E-state index in [4.69, 9.17) is 9.98 Å². The molecule has 0 fully saturated rings. The summed E-state index contributed by atoms with van der Waals surface area (Å²) in [5, 5.41) is 0. The Morgan fingerprint density at radius 2 is 0.500 bits per heavy atom. The fourth-order valence-electron chi connectivity index (χ4n) is 11.4. The molecule has 2 rings (SSSR count). The second-order valence-corrected chi connectivity index (χ2v) is 24.5. The maximum Gasteiger partial charge on any atom is 0.0634 e. The molecule has 2 aromatic carbocycles. The van der Waals surface area contributed by atoms with Crippen molar-refractivity contribution in [3.8, 4) is 0 Å². The third-order valence-electron chi connectivity index (χ3n) is 16.8. The molecule has 0 radical (unpaired) electrons. The molecular formula is C76H132N2. The average Bonchev–Trinajstić information content (AvgIpc) is 3.46. The van der Waals surface area contributed by atoms with E-state index in [1.807, 2.05) is 6.21 Å². The van der Waals surface area contributed by atoms with Crippen LogP contribution in [0.25, 0.3) is 12.2 Å². The van der Waals surface area contributed by atoms with Crippen LogP contribution in [0.5, 0.6) is 0 Å². The SMILES string of the molecule is CCCCCCCCCCCCCCCCCCCCCCCCCCCC=Cc1ccc(N=CC(CCCC)=Nc2ccc(C=CCCCCCCCCCCCCCCCCCCCCCCCCCCC)cc2)cc1. The molecule has 0 aliphatic heterocycles. The molecule has 0 aromatic heterocycles. The van der Waals surface area contributed by atoms with Crippen molar-refractivity contribution in [1.29, 1.82) is 0 Å². The molecule has 0 aliphatic rings. The molecule has 446 valence electrons. The molecule has 0 saturated heterocycles. The minimum Gasteiger partial charge on any atom is -0.255 e. The van der Waals surface area contributed by atoms with Crippen molar-refractivity contribution in [2.75, 3.05) is 0 Å². The summed E-state index contributed by atoms with van der Waals surface area (Å²) in [6.45, 7) is 6.87. The third-order valence-corrected chi connectivity index (χ3v) is 16.8. The van der Waals surface area contributed by atoms with Gasteiger partial charge in [0.25, 0.3) is 0 Å². The van der Waals surface area contributed by atoms with E-state index in [1.54, 1.807) is 0 Å². The second-order valence-electron chi connectivity index (χ2n) is 24.5. The Balaban J connectivity index is 1.42. The van der Waals surface area contributed by atoms with E-state index in [0.717, 1.165) is 36.3 Å². The fourth-order valence-corrected chi connectivity index (χ4v) is 11.4. The highest BCUT2D eigenvalue weighted by atomic mass is 14.8. The van der Waals surface area contributed by atoms with Crippen molar-refractivity contribution in [2.45, 2.75) is 374 Å². The molecule has 2 nitrogen and oxygen atoms in total. The third kappa shape index (κ3) is 49.1. The summed E-state index contributed by atoms with van der Waals surface area (Å²) in [4.78, 5) is 9.87. The maximum absolute atomic E-state index is 5.03. The van der Waals surface area contributed by atoms with Gasteiger partial charge in [0, 0.05) is 6.21 Å². The van der Waals surface area contributed by atoms with Gasteiger partial charge in [0.2, 0.25) is 0 Å². The fraction of sp³-hybridized carbons (Fsp3) is 0.763. The summed E-state index contributed by atoms with van der Waals surface area (Å²) in [5.41, 5.74) is 5.57. The molecule has 2 heteroatoms. The van der Waals surface area contributed by atoms with Gasteiger partial charge < -0.3 is 0 Å². The van der Waals surface area contributed by atoms with E-state index in [9.17, 15) is 0 Å². The number of rotatable bonds is 60. The van der Waals surface area contributed by atoms with Crippen LogP contribution in [-0.2, 0) is 0 Å². The molecule has 2 aromatic rings. The quantitative estimate of drug-likeness (QED) is 0.0466.